The lowest BCUT2D eigenvalue weighted by molar-refractivity contribution is 0.445. The highest BCUT2D eigenvalue weighted by atomic mass is 16.3. The van der Waals surface area contributed by atoms with Gasteiger partial charge in [-0.25, -0.2) is 0 Å². The molecule has 2 aliphatic carbocycles. The monoisotopic (exact) mass is 1120 g/mol. The fourth-order valence-electron chi connectivity index (χ4n) is 15.3. The molecule has 0 amide bonds. The number of nitrogens with zero attached hydrogens (tertiary/aromatic N) is 2. The molecule has 1 aromatic heterocycles. The number of aromatic hydroxyl groups is 1. The predicted octanol–water partition coefficient (Wildman–Crippen LogP) is 24.0. The number of benzene rings is 12. The SMILES string of the molecule is CCc1cccc(N(c2cccc(-c3cccc(-c4ccccc4C)c3)c2O)c2cc(C3CCCCC3)c3ccc4c(N(c5cccc(CC)c5)c5cccc6c5oc5c(-c7ccccc7C)cccc56)cc(C5CCCCC5)c5ccc2c3c54)c1. The van der Waals surface area contributed by atoms with Gasteiger partial charge in [-0.05, 0) is 196 Å². The molecule has 424 valence electrons. The van der Waals surface area contributed by atoms with Gasteiger partial charge in [0.05, 0.1) is 22.7 Å². The van der Waals surface area contributed by atoms with E-state index >= 15 is 0 Å². The fourth-order valence-corrected chi connectivity index (χ4v) is 15.3. The zero-order valence-electron chi connectivity index (χ0n) is 50.1. The number of hydrogen-bond donors (Lipinski definition) is 1. The molecule has 86 heavy (non-hydrogen) atoms. The van der Waals surface area contributed by atoms with Crippen molar-refractivity contribution in [3.63, 3.8) is 0 Å². The van der Waals surface area contributed by atoms with E-state index in [9.17, 15) is 5.11 Å². The number of fused-ring (bicyclic) bond motifs is 3. The minimum Gasteiger partial charge on any atom is -0.505 e. The van der Waals surface area contributed by atoms with E-state index in [4.69, 9.17) is 4.42 Å². The topological polar surface area (TPSA) is 39.9 Å². The lowest BCUT2D eigenvalue weighted by Crippen LogP contribution is -2.15. The van der Waals surface area contributed by atoms with Crippen LogP contribution in [-0.4, -0.2) is 5.11 Å². The second-order valence-electron chi connectivity index (χ2n) is 24.8. The molecule has 1 heterocycles. The summed E-state index contributed by atoms with van der Waals surface area (Å²) in [6.07, 6.45) is 13.9. The van der Waals surface area contributed by atoms with E-state index < -0.39 is 0 Å². The predicted molar refractivity (Wildman–Crippen MR) is 365 cm³/mol. The Morgan fingerprint density at radius 2 is 0.826 bits per heavy atom. The summed E-state index contributed by atoms with van der Waals surface area (Å²) in [7, 11) is 0. The van der Waals surface area contributed by atoms with Crippen LogP contribution in [0.5, 0.6) is 5.75 Å². The maximum absolute atomic E-state index is 13.2. The maximum atomic E-state index is 13.2. The second-order valence-corrected chi connectivity index (χ2v) is 24.8. The third-order valence-corrected chi connectivity index (χ3v) is 19.7. The van der Waals surface area contributed by atoms with Gasteiger partial charge in [-0.2, -0.15) is 0 Å². The molecule has 0 atom stereocenters. The molecule has 0 aliphatic heterocycles. The van der Waals surface area contributed by atoms with Gasteiger partial charge in [0.25, 0.3) is 0 Å². The first-order valence-electron chi connectivity index (χ1n) is 31.9. The van der Waals surface area contributed by atoms with Gasteiger partial charge in [0.2, 0.25) is 0 Å². The number of anilines is 6. The van der Waals surface area contributed by atoms with Gasteiger partial charge < -0.3 is 19.3 Å². The number of aryl methyl sites for hydroxylation is 4. The zero-order chi connectivity index (χ0) is 58.0. The molecule has 0 radical (unpaired) electrons. The van der Waals surface area contributed by atoms with Crippen molar-refractivity contribution in [1.82, 2.24) is 0 Å². The molecule has 13 aromatic rings. The van der Waals surface area contributed by atoms with Crippen molar-refractivity contribution in [2.45, 2.75) is 117 Å². The van der Waals surface area contributed by atoms with Crippen LogP contribution in [0.4, 0.5) is 34.1 Å². The number of furan rings is 1. The Labute approximate surface area is 506 Å². The summed E-state index contributed by atoms with van der Waals surface area (Å²) in [6.45, 7) is 8.86. The Balaban J connectivity index is 1.03. The van der Waals surface area contributed by atoms with Gasteiger partial charge in [0.15, 0.2) is 5.58 Å². The standard InChI is InChI=1S/C82H74N2O2/c1-5-54-25-17-33-60(47-54)83(74-41-21-37-64(80(74)85)59-32-19-31-58(49-59)62-35-15-13-23-52(62)3)76-50-72(56-27-9-7-10-28-56)65-44-46-71-77(51-73(57-29-11-8-12-30-57)66-43-45-70(76)78(65)79(66)71)84(61-34-18-26-55(6-2)48-61)75-42-22-40-69-68-39-20-38-67(81(68)86-82(69)75)63-36-16-14-24-53(63)4/h13-26,31-51,56-57,85H,5-12,27-30H2,1-4H3. The lowest BCUT2D eigenvalue weighted by atomic mass is 9.77. The molecule has 12 aromatic carbocycles. The molecule has 4 nitrogen and oxygen atoms in total. The number of rotatable bonds is 13. The Morgan fingerprint density at radius 1 is 0.372 bits per heavy atom. The van der Waals surface area contributed by atoms with Crippen molar-refractivity contribution in [1.29, 1.82) is 0 Å². The van der Waals surface area contributed by atoms with E-state index in [-0.39, 0.29) is 5.75 Å². The highest BCUT2D eigenvalue weighted by Crippen LogP contribution is 2.55. The molecule has 4 heteroatoms. The first-order valence-corrected chi connectivity index (χ1v) is 31.9. The minimum atomic E-state index is 0.263. The maximum Gasteiger partial charge on any atom is 0.159 e. The summed E-state index contributed by atoms with van der Waals surface area (Å²) in [5, 5.41) is 23.2. The minimum absolute atomic E-state index is 0.263. The summed E-state index contributed by atoms with van der Waals surface area (Å²) in [5.74, 6) is 1.06. The first kappa shape index (κ1) is 53.6. The van der Waals surface area contributed by atoms with Crippen LogP contribution in [0.15, 0.2) is 217 Å². The van der Waals surface area contributed by atoms with Crippen LogP contribution in [0, 0.1) is 13.8 Å². The average Bonchev–Trinajstić information content (AvgIpc) is 0.760. The van der Waals surface area contributed by atoms with E-state index in [1.54, 1.807) is 0 Å². The normalized spacial score (nSPS) is 14.3. The van der Waals surface area contributed by atoms with Crippen LogP contribution in [0.1, 0.15) is 123 Å². The molecule has 0 unspecified atom stereocenters. The second kappa shape index (κ2) is 22.4. The van der Waals surface area contributed by atoms with Crippen LogP contribution in [0.2, 0.25) is 0 Å². The highest BCUT2D eigenvalue weighted by molar-refractivity contribution is 6.30. The van der Waals surface area contributed by atoms with Gasteiger partial charge in [-0.15, -0.1) is 0 Å². The number of hydrogen-bond acceptors (Lipinski definition) is 4. The van der Waals surface area contributed by atoms with Crippen molar-refractivity contribution in [2.24, 2.45) is 0 Å². The summed E-state index contributed by atoms with van der Waals surface area (Å²) in [4.78, 5) is 4.96. The summed E-state index contributed by atoms with van der Waals surface area (Å²) in [5.41, 5.74) is 22.2. The Kier molecular flexibility index (Phi) is 13.9. The molecular formula is C82H74N2O2. The fraction of sp³-hybridized carbons (Fsp3) is 0.220. The highest BCUT2D eigenvalue weighted by Gasteiger charge is 2.32. The largest absolute Gasteiger partial charge is 0.505 e. The third-order valence-electron chi connectivity index (χ3n) is 19.7. The van der Waals surface area contributed by atoms with Crippen LogP contribution in [0.25, 0.3) is 87.6 Å². The summed E-state index contributed by atoms with van der Waals surface area (Å²) in [6, 6.07) is 78.9. The Hall–Kier alpha value is -9.12. The van der Waals surface area contributed by atoms with Crippen molar-refractivity contribution >= 4 is 88.4 Å². The Morgan fingerprint density at radius 3 is 1.41 bits per heavy atom. The molecule has 2 aliphatic rings. The zero-order valence-corrected chi connectivity index (χ0v) is 50.1. The van der Waals surface area contributed by atoms with Gasteiger partial charge >= 0.3 is 0 Å². The molecule has 15 rings (SSSR count). The molecule has 2 saturated carbocycles. The van der Waals surface area contributed by atoms with E-state index in [0.717, 1.165) is 98.3 Å². The van der Waals surface area contributed by atoms with Crippen molar-refractivity contribution in [3.8, 4) is 39.1 Å². The van der Waals surface area contributed by atoms with Gasteiger partial charge in [-0.3, -0.25) is 0 Å². The number of phenols is 1. The molecule has 1 N–H and O–H groups in total. The van der Waals surface area contributed by atoms with Gasteiger partial charge in [0, 0.05) is 44.0 Å². The number of para-hydroxylation sites is 3. The van der Waals surface area contributed by atoms with Crippen LogP contribution in [-0.2, 0) is 12.8 Å². The molecule has 0 saturated heterocycles. The summed E-state index contributed by atoms with van der Waals surface area (Å²) >= 11 is 0. The van der Waals surface area contributed by atoms with Crippen molar-refractivity contribution < 1.29 is 9.52 Å². The molecule has 0 bridgehead atoms. The van der Waals surface area contributed by atoms with Crippen LogP contribution in [0.3, 0.4) is 0 Å². The smallest absolute Gasteiger partial charge is 0.159 e. The lowest BCUT2D eigenvalue weighted by Gasteiger charge is -2.33. The van der Waals surface area contributed by atoms with Crippen molar-refractivity contribution in [2.75, 3.05) is 9.80 Å². The molecule has 2 fully saturated rings. The van der Waals surface area contributed by atoms with Gasteiger partial charge in [0.1, 0.15) is 11.3 Å². The molecule has 0 spiro atoms. The average molecular weight is 1120 g/mol. The van der Waals surface area contributed by atoms with E-state index in [0.29, 0.717) is 11.8 Å². The Bertz CT molecular complexity index is 4700. The van der Waals surface area contributed by atoms with Crippen LogP contribution >= 0.6 is 0 Å². The number of phenolic OH excluding ortho intramolecular Hbond substituents is 1. The third kappa shape index (κ3) is 9.19. The van der Waals surface area contributed by atoms with Crippen LogP contribution < -0.4 is 9.80 Å². The van der Waals surface area contributed by atoms with Gasteiger partial charge in [-0.1, -0.05) is 210 Å². The van der Waals surface area contributed by atoms with E-state index in [1.165, 1.54) is 134 Å². The van der Waals surface area contributed by atoms with E-state index in [2.05, 4.69) is 250 Å². The van der Waals surface area contributed by atoms with E-state index in [1.807, 2.05) is 0 Å². The van der Waals surface area contributed by atoms with Crippen molar-refractivity contribution in [3.05, 3.63) is 246 Å². The first-order chi connectivity index (χ1) is 42.3. The molecular weight excluding hydrogens is 1040 g/mol. The quantitative estimate of drug-likeness (QED) is 0.117. The summed E-state index contributed by atoms with van der Waals surface area (Å²) < 4.78 is 7.41.